The molecule has 45 heavy (non-hydrogen) atoms. The van der Waals surface area contributed by atoms with Gasteiger partial charge in [-0.3, -0.25) is 9.79 Å². The van der Waals surface area contributed by atoms with Crippen LogP contribution in [0.4, 0.5) is 22.0 Å². The number of halogens is 5. The summed E-state index contributed by atoms with van der Waals surface area (Å²) in [5, 5.41) is 9.31. The monoisotopic (exact) mass is 653 g/mol. The molecule has 2 aliphatic rings. The lowest BCUT2D eigenvalue weighted by Gasteiger charge is -2.25. The summed E-state index contributed by atoms with van der Waals surface area (Å²) in [5.74, 6) is -6.27. The molecule has 2 aromatic rings. The van der Waals surface area contributed by atoms with Gasteiger partial charge in [-0.1, -0.05) is 52.0 Å². The molecule has 242 valence electrons. The molecule has 0 amide bonds. The summed E-state index contributed by atoms with van der Waals surface area (Å²) >= 11 is 0. The van der Waals surface area contributed by atoms with Crippen LogP contribution in [0.5, 0.6) is 5.75 Å². The van der Waals surface area contributed by atoms with Crippen LogP contribution in [0.15, 0.2) is 51.9 Å². The zero-order chi connectivity index (χ0) is 33.5. The van der Waals surface area contributed by atoms with Gasteiger partial charge >= 0.3 is 21.6 Å². The Morgan fingerprint density at radius 2 is 1.73 bits per heavy atom. The smallest absolute Gasteiger partial charge is 0.481 e. The predicted octanol–water partition coefficient (Wildman–Crippen LogP) is 8.32. The molecule has 0 fully saturated rings. The SMILES string of the molecule is Cc1ccccc1-c1c2cc(C(C)CC(C)(C)C)c(=NCCCC(=O)O)cc-2oc2c(F)c(OS(=O)(=O)C(F)(F)F)c(F)cc12. The third kappa shape index (κ3) is 7.29. The van der Waals surface area contributed by atoms with E-state index in [9.17, 15) is 26.4 Å². The van der Waals surface area contributed by atoms with E-state index < -0.39 is 44.6 Å². The van der Waals surface area contributed by atoms with Crippen molar-refractivity contribution in [2.24, 2.45) is 10.4 Å². The molecule has 1 heterocycles. The average Bonchev–Trinajstić information content (AvgIpc) is 2.91. The van der Waals surface area contributed by atoms with Gasteiger partial charge in [0.1, 0.15) is 5.76 Å². The Morgan fingerprint density at radius 1 is 1.07 bits per heavy atom. The van der Waals surface area contributed by atoms with Crippen LogP contribution >= 0.6 is 0 Å². The second-order valence-corrected chi connectivity index (χ2v) is 13.6. The van der Waals surface area contributed by atoms with Crippen molar-refractivity contribution in [2.75, 3.05) is 6.54 Å². The van der Waals surface area contributed by atoms with Crippen LogP contribution in [-0.4, -0.2) is 31.5 Å². The lowest BCUT2D eigenvalue weighted by Crippen LogP contribution is -2.28. The van der Waals surface area contributed by atoms with Gasteiger partial charge in [0.25, 0.3) is 0 Å². The van der Waals surface area contributed by atoms with Crippen LogP contribution in [0.1, 0.15) is 64.0 Å². The summed E-state index contributed by atoms with van der Waals surface area (Å²) in [4.78, 5) is 15.6. The first kappa shape index (κ1) is 33.9. The minimum Gasteiger partial charge on any atom is -0.481 e. The van der Waals surface area contributed by atoms with Crippen LogP contribution in [0.25, 0.3) is 33.4 Å². The van der Waals surface area contributed by atoms with Crippen LogP contribution in [0.3, 0.4) is 0 Å². The summed E-state index contributed by atoms with van der Waals surface area (Å²) in [6, 6.07) is 10.9. The highest BCUT2D eigenvalue weighted by Gasteiger charge is 2.49. The van der Waals surface area contributed by atoms with Crippen molar-refractivity contribution in [1.29, 1.82) is 0 Å². The van der Waals surface area contributed by atoms with Gasteiger partial charge < -0.3 is 13.7 Å². The molecule has 1 atom stereocenters. The molecule has 0 bridgehead atoms. The number of carboxylic acid groups (broad SMARTS) is 1. The maximum absolute atomic E-state index is 15.8. The zero-order valence-electron chi connectivity index (χ0n) is 25.2. The number of aryl methyl sites for hydroxylation is 1. The first-order valence-corrected chi connectivity index (χ1v) is 15.4. The van der Waals surface area contributed by atoms with E-state index in [1.54, 1.807) is 37.3 Å². The molecule has 7 nitrogen and oxygen atoms in total. The van der Waals surface area contributed by atoms with E-state index in [2.05, 4.69) is 29.9 Å². The van der Waals surface area contributed by atoms with Gasteiger partial charge in [0.15, 0.2) is 11.4 Å². The molecule has 13 heteroatoms. The molecule has 0 saturated carbocycles. The second-order valence-electron chi connectivity index (χ2n) is 12.1. The fraction of sp³-hybridized carbons (Fsp3) is 0.375. The molecule has 0 saturated heterocycles. The quantitative estimate of drug-likeness (QED) is 0.0640. The standard InChI is InChI=1S/C32H32F5NO6S/c1-17-9-6-7-10-19(17)27-21-13-20(18(2)16-31(3,4)5)24(38-12-8-11-26(39)40)15-25(21)43-29-22(27)14-23(33)30(28(29)34)44-45(41,42)32(35,36)37/h6-7,9-10,13-15,18H,8,11-12,16H2,1-5H3,(H,39,40). The number of carbonyl (C=O) groups is 1. The molecule has 0 aromatic heterocycles. The normalized spacial score (nSPS) is 13.9. The summed E-state index contributed by atoms with van der Waals surface area (Å²) in [6.07, 6.45) is 0.848. The number of aliphatic carboxylic acids is 1. The Balaban J connectivity index is 2.12. The topological polar surface area (TPSA) is 106 Å². The maximum Gasteiger partial charge on any atom is 0.534 e. The Morgan fingerprint density at radius 3 is 2.33 bits per heavy atom. The number of carboxylic acids is 1. The van der Waals surface area contributed by atoms with Crippen LogP contribution < -0.4 is 9.54 Å². The van der Waals surface area contributed by atoms with Crippen molar-refractivity contribution in [3.05, 3.63) is 70.6 Å². The molecule has 0 spiro atoms. The fourth-order valence-corrected chi connectivity index (χ4v) is 5.82. The molecular weight excluding hydrogens is 621 g/mol. The minimum absolute atomic E-state index is 0.0274. The van der Waals surface area contributed by atoms with Crippen LogP contribution in [-0.2, 0) is 14.9 Å². The van der Waals surface area contributed by atoms with Gasteiger partial charge in [-0.25, -0.2) is 4.39 Å². The number of alkyl halides is 3. The largest absolute Gasteiger partial charge is 0.534 e. The Kier molecular flexibility index (Phi) is 9.35. The van der Waals surface area contributed by atoms with E-state index in [1.807, 2.05) is 6.92 Å². The van der Waals surface area contributed by atoms with E-state index >= 15 is 8.78 Å². The van der Waals surface area contributed by atoms with E-state index in [0.717, 1.165) is 12.0 Å². The number of hydrogen-bond acceptors (Lipinski definition) is 6. The lowest BCUT2D eigenvalue weighted by molar-refractivity contribution is -0.137. The third-order valence-corrected chi connectivity index (χ3v) is 8.14. The van der Waals surface area contributed by atoms with Crippen molar-refractivity contribution < 1.29 is 48.9 Å². The molecule has 1 aliphatic heterocycles. The lowest BCUT2D eigenvalue weighted by atomic mass is 9.81. The van der Waals surface area contributed by atoms with Gasteiger partial charge in [-0.05, 0) is 59.9 Å². The number of rotatable bonds is 9. The Labute approximate surface area is 256 Å². The molecule has 0 radical (unpaired) electrons. The van der Waals surface area contributed by atoms with Crippen molar-refractivity contribution in [3.63, 3.8) is 0 Å². The van der Waals surface area contributed by atoms with Gasteiger partial charge in [-0.2, -0.15) is 26.0 Å². The van der Waals surface area contributed by atoms with Gasteiger partial charge in [0.05, 0.1) is 5.36 Å². The van der Waals surface area contributed by atoms with Crippen molar-refractivity contribution >= 4 is 27.1 Å². The molecule has 4 rings (SSSR count). The van der Waals surface area contributed by atoms with Gasteiger partial charge in [0, 0.05) is 35.5 Å². The van der Waals surface area contributed by atoms with Crippen LogP contribution in [0.2, 0.25) is 0 Å². The summed E-state index contributed by atoms with van der Waals surface area (Å²) in [6.45, 7) is 10.1. The maximum atomic E-state index is 15.8. The summed E-state index contributed by atoms with van der Waals surface area (Å²) < 4.78 is 103. The Bertz CT molecular complexity index is 1910. The summed E-state index contributed by atoms with van der Waals surface area (Å²) in [5.41, 5.74) is -4.03. The summed E-state index contributed by atoms with van der Waals surface area (Å²) in [7, 11) is -6.41. The first-order chi connectivity index (χ1) is 20.8. The highest BCUT2D eigenvalue weighted by molar-refractivity contribution is 7.88. The highest BCUT2D eigenvalue weighted by atomic mass is 32.2. The zero-order valence-corrected chi connectivity index (χ0v) is 26.0. The van der Waals surface area contributed by atoms with Crippen molar-refractivity contribution in [1.82, 2.24) is 0 Å². The van der Waals surface area contributed by atoms with Crippen molar-refractivity contribution in [2.45, 2.75) is 65.3 Å². The number of nitrogens with zero attached hydrogens (tertiary/aromatic N) is 1. The molecule has 1 aliphatic carbocycles. The number of fused-ring (bicyclic) bond motifs is 2. The van der Waals surface area contributed by atoms with E-state index in [-0.39, 0.29) is 41.9 Å². The average molecular weight is 654 g/mol. The number of hydrogen-bond donors (Lipinski definition) is 1. The molecule has 1 unspecified atom stereocenters. The van der Waals surface area contributed by atoms with Gasteiger partial charge in [-0.15, -0.1) is 0 Å². The molecule has 2 aromatic carbocycles. The molecule has 1 N–H and O–H groups in total. The van der Waals surface area contributed by atoms with Crippen molar-refractivity contribution in [3.8, 4) is 28.2 Å². The first-order valence-electron chi connectivity index (χ1n) is 14.0. The van der Waals surface area contributed by atoms with E-state index in [0.29, 0.717) is 33.7 Å². The number of benzene rings is 3. The van der Waals surface area contributed by atoms with Crippen LogP contribution in [0, 0.1) is 24.0 Å². The third-order valence-electron chi connectivity index (χ3n) is 7.18. The van der Waals surface area contributed by atoms with E-state index in [1.165, 1.54) is 6.07 Å². The Hall–Kier alpha value is -4.00. The second kappa shape index (κ2) is 12.4. The minimum atomic E-state index is -6.41. The van der Waals surface area contributed by atoms with Gasteiger partial charge in [0.2, 0.25) is 11.6 Å². The molecular formula is C32H32F5NO6S. The van der Waals surface area contributed by atoms with E-state index in [4.69, 9.17) is 9.52 Å². The highest BCUT2D eigenvalue weighted by Crippen LogP contribution is 2.45. The predicted molar refractivity (Wildman–Crippen MR) is 158 cm³/mol. The fourth-order valence-electron chi connectivity index (χ4n) is 5.36.